The Morgan fingerprint density at radius 1 is 1.05 bits per heavy atom. The second-order valence-corrected chi connectivity index (χ2v) is 5.82. The molecule has 2 atom stereocenters. The summed E-state index contributed by atoms with van der Waals surface area (Å²) in [4.78, 5) is 14.5. The average Bonchev–Trinajstić information content (AvgIpc) is 2.92. The first-order valence-electron chi connectivity index (χ1n) is 7.80. The first kappa shape index (κ1) is 14.8. The van der Waals surface area contributed by atoms with Crippen LogP contribution in [0.4, 0.5) is 0 Å². The molecule has 0 aliphatic carbocycles. The van der Waals surface area contributed by atoms with Crippen LogP contribution in [0.1, 0.15) is 23.6 Å². The van der Waals surface area contributed by atoms with Gasteiger partial charge in [-0.1, -0.05) is 60.7 Å². The van der Waals surface area contributed by atoms with Crippen molar-refractivity contribution < 1.29 is 9.90 Å². The predicted octanol–water partition coefficient (Wildman–Crippen LogP) is 2.81. The Kier molecular flexibility index (Phi) is 4.54. The van der Waals surface area contributed by atoms with Crippen LogP contribution < -0.4 is 0 Å². The third kappa shape index (κ3) is 3.04. The minimum atomic E-state index is -0.227. The SMILES string of the molecule is O=C1C(Cc2ccccc2)CCN1C(CO)c1ccccc1. The molecule has 1 saturated heterocycles. The van der Waals surface area contributed by atoms with Gasteiger partial charge >= 0.3 is 0 Å². The molecule has 3 rings (SSSR count). The lowest BCUT2D eigenvalue weighted by Crippen LogP contribution is -2.34. The van der Waals surface area contributed by atoms with Crippen molar-refractivity contribution in [3.05, 3.63) is 71.8 Å². The Balaban J connectivity index is 1.72. The van der Waals surface area contributed by atoms with Gasteiger partial charge in [0.1, 0.15) is 0 Å². The van der Waals surface area contributed by atoms with Crippen molar-refractivity contribution in [1.29, 1.82) is 0 Å². The molecule has 0 spiro atoms. The number of benzene rings is 2. The first-order valence-corrected chi connectivity index (χ1v) is 7.80. The highest BCUT2D eigenvalue weighted by Gasteiger charge is 2.36. The Labute approximate surface area is 131 Å². The minimum absolute atomic E-state index is 0.0279. The molecule has 2 unspecified atom stereocenters. The van der Waals surface area contributed by atoms with Gasteiger partial charge in [-0.3, -0.25) is 4.79 Å². The third-order valence-electron chi connectivity index (χ3n) is 4.41. The van der Waals surface area contributed by atoms with Crippen LogP contribution in [0.15, 0.2) is 60.7 Å². The summed E-state index contributed by atoms with van der Waals surface area (Å²) in [5, 5.41) is 9.74. The summed E-state index contributed by atoms with van der Waals surface area (Å²) in [6.07, 6.45) is 1.64. The van der Waals surface area contributed by atoms with E-state index in [-0.39, 0.29) is 24.5 Å². The number of likely N-dealkylation sites (tertiary alicyclic amines) is 1. The Hall–Kier alpha value is -2.13. The van der Waals surface area contributed by atoms with E-state index >= 15 is 0 Å². The summed E-state index contributed by atoms with van der Waals surface area (Å²) in [5.41, 5.74) is 2.20. The van der Waals surface area contributed by atoms with Gasteiger partial charge in [0, 0.05) is 12.5 Å². The van der Waals surface area contributed by atoms with E-state index in [1.165, 1.54) is 5.56 Å². The van der Waals surface area contributed by atoms with Gasteiger partial charge in [-0.2, -0.15) is 0 Å². The van der Waals surface area contributed by atoms with Crippen LogP contribution in [0.3, 0.4) is 0 Å². The average molecular weight is 295 g/mol. The topological polar surface area (TPSA) is 40.5 Å². The van der Waals surface area contributed by atoms with Gasteiger partial charge in [-0.15, -0.1) is 0 Å². The van der Waals surface area contributed by atoms with Gasteiger partial charge in [0.05, 0.1) is 12.6 Å². The van der Waals surface area contributed by atoms with Gasteiger partial charge in [-0.05, 0) is 24.0 Å². The maximum atomic E-state index is 12.7. The number of nitrogens with zero attached hydrogens (tertiary/aromatic N) is 1. The van der Waals surface area contributed by atoms with Crippen molar-refractivity contribution in [2.45, 2.75) is 18.9 Å². The highest BCUT2D eigenvalue weighted by molar-refractivity contribution is 5.81. The number of carbonyl (C=O) groups is 1. The molecule has 0 aromatic heterocycles. The summed E-state index contributed by atoms with van der Waals surface area (Å²) in [6, 6.07) is 19.7. The van der Waals surface area contributed by atoms with Crippen LogP contribution >= 0.6 is 0 Å². The van der Waals surface area contributed by atoms with Gasteiger partial charge in [-0.25, -0.2) is 0 Å². The number of rotatable bonds is 5. The normalized spacial score (nSPS) is 19.4. The fourth-order valence-electron chi connectivity index (χ4n) is 3.22. The van der Waals surface area contributed by atoms with Crippen LogP contribution in [0.5, 0.6) is 0 Å². The van der Waals surface area contributed by atoms with Crippen molar-refractivity contribution in [3.8, 4) is 0 Å². The molecular formula is C19H21NO2. The van der Waals surface area contributed by atoms with E-state index < -0.39 is 0 Å². The standard InChI is InChI=1S/C19H21NO2/c21-14-18(16-9-5-2-6-10-16)20-12-11-17(19(20)22)13-15-7-3-1-4-8-15/h1-10,17-18,21H,11-14H2. The molecule has 22 heavy (non-hydrogen) atoms. The summed E-state index contributed by atoms with van der Waals surface area (Å²) >= 11 is 0. The van der Waals surface area contributed by atoms with Gasteiger partial charge in [0.25, 0.3) is 0 Å². The molecule has 2 aromatic rings. The van der Waals surface area contributed by atoms with Crippen molar-refractivity contribution in [2.75, 3.05) is 13.2 Å². The van der Waals surface area contributed by atoms with Crippen LogP contribution in [-0.2, 0) is 11.2 Å². The van der Waals surface area contributed by atoms with Gasteiger partial charge in [0.2, 0.25) is 5.91 Å². The van der Waals surface area contributed by atoms with Crippen molar-refractivity contribution in [2.24, 2.45) is 5.92 Å². The highest BCUT2D eigenvalue weighted by atomic mass is 16.3. The van der Waals surface area contributed by atoms with E-state index in [9.17, 15) is 9.90 Å². The van der Waals surface area contributed by atoms with Gasteiger partial charge in [0.15, 0.2) is 0 Å². The van der Waals surface area contributed by atoms with E-state index in [1.807, 2.05) is 53.4 Å². The lowest BCUT2D eigenvalue weighted by Gasteiger charge is -2.27. The zero-order chi connectivity index (χ0) is 15.4. The summed E-state index contributed by atoms with van der Waals surface area (Å²) in [6.45, 7) is 0.685. The molecular weight excluding hydrogens is 274 g/mol. The maximum absolute atomic E-state index is 12.7. The molecule has 2 aromatic carbocycles. The largest absolute Gasteiger partial charge is 0.394 e. The number of hydrogen-bond acceptors (Lipinski definition) is 2. The number of amides is 1. The smallest absolute Gasteiger partial charge is 0.226 e. The summed E-state index contributed by atoms with van der Waals surface area (Å²) in [7, 11) is 0. The summed E-state index contributed by atoms with van der Waals surface area (Å²) < 4.78 is 0. The molecule has 0 saturated carbocycles. The third-order valence-corrected chi connectivity index (χ3v) is 4.41. The quantitative estimate of drug-likeness (QED) is 0.921. The van der Waals surface area contributed by atoms with Crippen molar-refractivity contribution in [3.63, 3.8) is 0 Å². The molecule has 1 N–H and O–H groups in total. The molecule has 1 heterocycles. The van der Waals surface area contributed by atoms with Crippen LogP contribution in [0, 0.1) is 5.92 Å². The van der Waals surface area contributed by atoms with Crippen LogP contribution in [-0.4, -0.2) is 29.1 Å². The molecule has 0 bridgehead atoms. The van der Waals surface area contributed by atoms with E-state index in [4.69, 9.17) is 0 Å². The number of hydrogen-bond donors (Lipinski definition) is 1. The molecule has 114 valence electrons. The van der Waals surface area contributed by atoms with Crippen molar-refractivity contribution in [1.82, 2.24) is 4.90 Å². The Morgan fingerprint density at radius 3 is 2.32 bits per heavy atom. The van der Waals surface area contributed by atoms with E-state index in [0.29, 0.717) is 0 Å². The molecule has 1 fully saturated rings. The zero-order valence-electron chi connectivity index (χ0n) is 12.6. The predicted molar refractivity (Wildman–Crippen MR) is 86.2 cm³/mol. The number of carbonyl (C=O) groups excluding carboxylic acids is 1. The second kappa shape index (κ2) is 6.75. The zero-order valence-corrected chi connectivity index (χ0v) is 12.6. The highest BCUT2D eigenvalue weighted by Crippen LogP contribution is 2.30. The Morgan fingerprint density at radius 2 is 1.68 bits per heavy atom. The monoisotopic (exact) mass is 295 g/mol. The maximum Gasteiger partial charge on any atom is 0.226 e. The number of aliphatic hydroxyl groups excluding tert-OH is 1. The van der Waals surface area contributed by atoms with Crippen molar-refractivity contribution >= 4 is 5.91 Å². The fraction of sp³-hybridized carbons (Fsp3) is 0.316. The number of aliphatic hydroxyl groups is 1. The van der Waals surface area contributed by atoms with E-state index in [2.05, 4.69) is 12.1 Å². The molecule has 1 aliphatic heterocycles. The molecule has 3 heteroatoms. The second-order valence-electron chi connectivity index (χ2n) is 5.82. The molecule has 1 aliphatic rings. The van der Waals surface area contributed by atoms with E-state index in [1.54, 1.807) is 0 Å². The summed E-state index contributed by atoms with van der Waals surface area (Å²) in [5.74, 6) is 0.187. The molecule has 3 nitrogen and oxygen atoms in total. The van der Waals surface area contributed by atoms with E-state index in [0.717, 1.165) is 24.9 Å². The fourth-order valence-corrected chi connectivity index (χ4v) is 3.22. The lowest BCUT2D eigenvalue weighted by molar-refractivity contribution is -0.133. The lowest BCUT2D eigenvalue weighted by atomic mass is 9.98. The minimum Gasteiger partial charge on any atom is -0.394 e. The van der Waals surface area contributed by atoms with Crippen LogP contribution in [0.2, 0.25) is 0 Å². The Bertz CT molecular complexity index is 612. The molecule has 1 amide bonds. The molecule has 0 radical (unpaired) electrons. The van der Waals surface area contributed by atoms with Gasteiger partial charge < -0.3 is 10.0 Å². The first-order chi connectivity index (χ1) is 10.8. The van der Waals surface area contributed by atoms with Crippen LogP contribution in [0.25, 0.3) is 0 Å².